The van der Waals surface area contributed by atoms with Gasteiger partial charge in [0, 0.05) is 0 Å². The number of hydrogen-bond donors (Lipinski definition) is 2. The van der Waals surface area contributed by atoms with Gasteiger partial charge in [0.05, 0.1) is 12.3 Å². The molecule has 2 rings (SSSR count). The van der Waals surface area contributed by atoms with Crippen LogP contribution in [0.2, 0.25) is 0 Å². The molecule has 1 amide bonds. The van der Waals surface area contributed by atoms with Gasteiger partial charge >= 0.3 is 6.18 Å². The van der Waals surface area contributed by atoms with Crippen LogP contribution in [0.1, 0.15) is 32.2 Å². The first-order valence-electron chi connectivity index (χ1n) is 8.39. The molecule has 154 valence electrons. The van der Waals surface area contributed by atoms with Gasteiger partial charge in [-0.15, -0.1) is 10.2 Å². The molecule has 0 aliphatic rings. The lowest BCUT2D eigenvalue weighted by Crippen LogP contribution is -2.29. The van der Waals surface area contributed by atoms with Crippen molar-refractivity contribution >= 4 is 17.7 Å². The average molecular weight is 417 g/mol. The second-order valence-electron chi connectivity index (χ2n) is 6.94. The number of nitrogen functional groups attached to an aromatic ring is 1. The summed E-state index contributed by atoms with van der Waals surface area (Å²) in [4.78, 5) is 11.8. The van der Waals surface area contributed by atoms with Gasteiger partial charge in [0.15, 0.2) is 0 Å². The second-order valence-corrected chi connectivity index (χ2v) is 7.88. The van der Waals surface area contributed by atoms with Crippen molar-refractivity contribution in [3.63, 3.8) is 0 Å². The molecule has 0 aliphatic heterocycles. The maximum Gasteiger partial charge on any atom is 0.453 e. The van der Waals surface area contributed by atoms with Gasteiger partial charge in [-0.2, -0.15) is 13.2 Å². The Bertz CT molecular complexity index is 801. The molecule has 1 aromatic heterocycles. The van der Waals surface area contributed by atoms with Gasteiger partial charge in [0.1, 0.15) is 12.4 Å². The van der Waals surface area contributed by atoms with E-state index in [-0.39, 0.29) is 35.4 Å². The Morgan fingerprint density at radius 3 is 2.39 bits per heavy atom. The van der Waals surface area contributed by atoms with E-state index in [4.69, 9.17) is 10.6 Å². The highest BCUT2D eigenvalue weighted by molar-refractivity contribution is 7.99. The van der Waals surface area contributed by atoms with E-state index in [0.29, 0.717) is 10.4 Å². The molecule has 0 radical (unpaired) electrons. The van der Waals surface area contributed by atoms with Crippen LogP contribution in [0.5, 0.6) is 5.75 Å². The van der Waals surface area contributed by atoms with Gasteiger partial charge < -0.3 is 15.9 Å². The molecule has 1 aromatic carbocycles. The molecule has 0 fully saturated rings. The van der Waals surface area contributed by atoms with E-state index in [9.17, 15) is 18.0 Å². The maximum absolute atomic E-state index is 12.6. The van der Waals surface area contributed by atoms with Crippen molar-refractivity contribution in [3.05, 3.63) is 35.7 Å². The number of carbonyl (C=O) groups is 1. The number of thioether (sulfide) groups is 1. The molecule has 0 saturated carbocycles. The second kappa shape index (κ2) is 8.72. The van der Waals surface area contributed by atoms with Crippen LogP contribution in [0.25, 0.3) is 0 Å². The minimum absolute atomic E-state index is 0.0544. The van der Waals surface area contributed by atoms with Crippen molar-refractivity contribution in [2.24, 2.45) is 0 Å². The van der Waals surface area contributed by atoms with E-state index in [1.807, 2.05) is 24.3 Å². The van der Waals surface area contributed by atoms with Crippen molar-refractivity contribution in [2.75, 3.05) is 24.7 Å². The largest absolute Gasteiger partial charge is 0.492 e. The molecule has 0 aliphatic carbocycles. The Labute approximate surface area is 164 Å². The Morgan fingerprint density at radius 1 is 1.21 bits per heavy atom. The molecule has 0 bridgehead atoms. The van der Waals surface area contributed by atoms with Crippen molar-refractivity contribution in [1.82, 2.24) is 20.2 Å². The average Bonchev–Trinajstić information content (AvgIpc) is 2.97. The molecule has 0 unspecified atom stereocenters. The van der Waals surface area contributed by atoms with Gasteiger partial charge in [-0.3, -0.25) is 4.79 Å². The monoisotopic (exact) mass is 417 g/mol. The maximum atomic E-state index is 12.6. The van der Waals surface area contributed by atoms with E-state index >= 15 is 0 Å². The Kier molecular flexibility index (Phi) is 6.81. The molecule has 1 heterocycles. The fourth-order valence-corrected chi connectivity index (χ4v) is 2.85. The summed E-state index contributed by atoms with van der Waals surface area (Å²) in [6.07, 6.45) is -4.70. The number of nitrogens with one attached hydrogen (secondary N) is 1. The molecule has 28 heavy (non-hydrogen) atoms. The van der Waals surface area contributed by atoms with Gasteiger partial charge in [0.2, 0.25) is 11.1 Å². The highest BCUT2D eigenvalue weighted by atomic mass is 32.2. The lowest BCUT2D eigenvalue weighted by Gasteiger charge is -2.19. The topological polar surface area (TPSA) is 95.1 Å². The van der Waals surface area contributed by atoms with Crippen LogP contribution in [-0.2, 0) is 16.4 Å². The van der Waals surface area contributed by atoms with Crippen LogP contribution >= 0.6 is 11.8 Å². The highest BCUT2D eigenvalue weighted by Gasteiger charge is 2.38. The molecule has 0 atom stereocenters. The first kappa shape index (κ1) is 21.9. The summed E-state index contributed by atoms with van der Waals surface area (Å²) in [6, 6.07) is 7.71. The number of amides is 1. The van der Waals surface area contributed by atoms with Crippen molar-refractivity contribution < 1.29 is 22.7 Å². The molecule has 7 nitrogen and oxygen atoms in total. The van der Waals surface area contributed by atoms with Crippen LogP contribution in [0, 0.1) is 0 Å². The molecular formula is C17H22F3N5O2S. The first-order chi connectivity index (χ1) is 13.0. The normalized spacial score (nSPS) is 12.1. The zero-order valence-electron chi connectivity index (χ0n) is 15.7. The van der Waals surface area contributed by atoms with Gasteiger partial charge in [-0.1, -0.05) is 44.7 Å². The fourth-order valence-electron chi connectivity index (χ4n) is 2.16. The number of nitrogens with two attached hydrogens (primary N) is 1. The summed E-state index contributed by atoms with van der Waals surface area (Å²) >= 11 is 0.762. The van der Waals surface area contributed by atoms with Crippen LogP contribution in [0.15, 0.2) is 29.4 Å². The molecule has 2 aromatic rings. The van der Waals surface area contributed by atoms with E-state index < -0.39 is 12.0 Å². The number of rotatable bonds is 7. The zero-order chi connectivity index (χ0) is 20.9. The molecular weight excluding hydrogens is 395 g/mol. The summed E-state index contributed by atoms with van der Waals surface area (Å²) < 4.78 is 43.6. The minimum Gasteiger partial charge on any atom is -0.492 e. The molecule has 3 N–H and O–H groups in total. The SMILES string of the molecule is CC(C)(C)c1ccc(OCCNC(=O)CSc2nnc(C(F)(F)F)n2N)cc1. The summed E-state index contributed by atoms with van der Waals surface area (Å²) in [5.41, 5.74) is 1.24. The van der Waals surface area contributed by atoms with E-state index in [0.717, 1.165) is 11.8 Å². The van der Waals surface area contributed by atoms with Crippen LogP contribution in [-0.4, -0.2) is 39.7 Å². The summed E-state index contributed by atoms with van der Waals surface area (Å²) in [7, 11) is 0. The van der Waals surface area contributed by atoms with E-state index in [1.54, 1.807) is 0 Å². The first-order valence-corrected chi connectivity index (χ1v) is 9.37. The van der Waals surface area contributed by atoms with Crippen molar-refractivity contribution in [1.29, 1.82) is 0 Å². The van der Waals surface area contributed by atoms with Crippen molar-refractivity contribution in [3.8, 4) is 5.75 Å². The van der Waals surface area contributed by atoms with Crippen LogP contribution < -0.4 is 15.9 Å². The Balaban J connectivity index is 1.71. The number of halogens is 3. The lowest BCUT2D eigenvalue weighted by molar-refractivity contribution is -0.146. The highest BCUT2D eigenvalue weighted by Crippen LogP contribution is 2.28. The van der Waals surface area contributed by atoms with Gasteiger partial charge in [-0.05, 0) is 23.1 Å². The zero-order valence-corrected chi connectivity index (χ0v) is 16.5. The van der Waals surface area contributed by atoms with Crippen LogP contribution in [0.3, 0.4) is 0 Å². The standard InChI is InChI=1S/C17H22F3N5O2S/c1-16(2,3)11-4-6-12(7-5-11)27-9-8-22-13(26)10-28-15-24-23-14(25(15)21)17(18,19)20/h4-7H,8-10,21H2,1-3H3,(H,22,26). The summed E-state index contributed by atoms with van der Waals surface area (Å²) in [6.45, 7) is 6.87. The quantitative estimate of drug-likeness (QED) is 0.409. The summed E-state index contributed by atoms with van der Waals surface area (Å²) in [5.74, 6) is 4.14. The number of hydrogen-bond acceptors (Lipinski definition) is 6. The predicted molar refractivity (Wildman–Crippen MR) is 99.5 cm³/mol. The number of nitrogens with zero attached hydrogens (tertiary/aromatic N) is 3. The number of alkyl halides is 3. The van der Waals surface area contributed by atoms with E-state index in [2.05, 4.69) is 36.3 Å². The number of carbonyl (C=O) groups excluding carboxylic acids is 1. The molecule has 0 spiro atoms. The number of benzene rings is 1. The van der Waals surface area contributed by atoms with E-state index in [1.165, 1.54) is 5.56 Å². The third-order valence-corrected chi connectivity index (χ3v) is 4.61. The van der Waals surface area contributed by atoms with Crippen LogP contribution in [0.4, 0.5) is 13.2 Å². The predicted octanol–water partition coefficient (Wildman–Crippen LogP) is 2.60. The molecule has 0 saturated heterocycles. The smallest absolute Gasteiger partial charge is 0.453 e. The third-order valence-electron chi connectivity index (χ3n) is 3.66. The third kappa shape index (κ3) is 6.04. The fraction of sp³-hybridized carbons (Fsp3) is 0.471. The van der Waals surface area contributed by atoms with Crippen molar-refractivity contribution in [2.45, 2.75) is 37.5 Å². The Hall–Kier alpha value is -2.43. The van der Waals surface area contributed by atoms with Gasteiger partial charge in [0.25, 0.3) is 5.82 Å². The Morgan fingerprint density at radius 2 is 1.86 bits per heavy atom. The van der Waals surface area contributed by atoms with Gasteiger partial charge in [-0.25, -0.2) is 4.68 Å². The minimum atomic E-state index is -4.70. The summed E-state index contributed by atoms with van der Waals surface area (Å²) in [5, 5.41) is 8.74. The number of aromatic nitrogens is 3. The number of ether oxygens (including phenoxy) is 1. The molecule has 11 heteroatoms. The lowest BCUT2D eigenvalue weighted by atomic mass is 9.87.